The molecule has 7 nitrogen and oxygen atoms in total. The van der Waals surface area contributed by atoms with E-state index >= 15 is 4.39 Å². The lowest BCUT2D eigenvalue weighted by atomic mass is 9.88. The number of alkyl halides is 4. The minimum atomic E-state index is -3.38. The lowest BCUT2D eigenvalue weighted by Crippen LogP contribution is -2.47. The third-order valence-electron chi connectivity index (χ3n) is 7.07. The van der Waals surface area contributed by atoms with Crippen LogP contribution in [-0.4, -0.2) is 41.7 Å². The molecule has 34 heavy (non-hydrogen) atoms. The zero-order valence-corrected chi connectivity index (χ0v) is 18.2. The highest BCUT2D eigenvalue weighted by Gasteiger charge is 2.49. The molecule has 3 N–H and O–H groups in total. The maximum atomic E-state index is 15.7. The normalized spacial score (nSPS) is 26.2. The van der Waals surface area contributed by atoms with Crippen molar-refractivity contribution in [3.8, 4) is 5.75 Å². The molecule has 3 unspecified atom stereocenters. The lowest BCUT2D eigenvalue weighted by Gasteiger charge is -2.29. The molecule has 3 atom stereocenters. The van der Waals surface area contributed by atoms with Gasteiger partial charge >= 0.3 is 5.69 Å². The van der Waals surface area contributed by atoms with Crippen LogP contribution in [0.4, 0.5) is 27.6 Å². The first kappa shape index (κ1) is 22.9. The van der Waals surface area contributed by atoms with Crippen LogP contribution in [0.15, 0.2) is 21.7 Å². The molecule has 0 radical (unpaired) electrons. The Bertz CT molecular complexity index is 1300. The number of aromatic nitrogens is 2. The number of benzene rings is 1. The summed E-state index contributed by atoms with van der Waals surface area (Å²) in [6, 6.07) is -1.88. The van der Waals surface area contributed by atoms with Crippen molar-refractivity contribution in [2.45, 2.75) is 43.7 Å². The molecule has 1 saturated heterocycles. The number of anilines is 1. The zero-order chi connectivity index (χ0) is 24.5. The Morgan fingerprint density at radius 2 is 1.94 bits per heavy atom. The summed E-state index contributed by atoms with van der Waals surface area (Å²) in [5.41, 5.74) is 2.15. The molecule has 2 aliphatic carbocycles. The Hall–Kier alpha value is -2.89. The van der Waals surface area contributed by atoms with Gasteiger partial charge in [-0.15, -0.1) is 0 Å². The summed E-state index contributed by atoms with van der Waals surface area (Å²) in [7, 11) is 1.18. The van der Waals surface area contributed by atoms with Crippen molar-refractivity contribution in [1.29, 1.82) is 0 Å². The van der Waals surface area contributed by atoms with Gasteiger partial charge in [-0.05, 0) is 12.8 Å². The van der Waals surface area contributed by atoms with Crippen molar-refractivity contribution < 1.29 is 26.7 Å². The van der Waals surface area contributed by atoms with Gasteiger partial charge in [-0.1, -0.05) is 12.2 Å². The summed E-state index contributed by atoms with van der Waals surface area (Å²) in [5.74, 6) is -6.05. The minimum absolute atomic E-state index is 0.0310. The van der Waals surface area contributed by atoms with Gasteiger partial charge in [-0.2, -0.15) is 0 Å². The van der Waals surface area contributed by atoms with Crippen LogP contribution in [0.3, 0.4) is 0 Å². The van der Waals surface area contributed by atoms with Crippen molar-refractivity contribution in [2.24, 2.45) is 17.6 Å². The Balaban J connectivity index is 1.77. The number of H-pyrrole nitrogens is 1. The molecule has 1 aliphatic heterocycles. The van der Waals surface area contributed by atoms with Crippen LogP contribution in [0.1, 0.15) is 37.3 Å². The van der Waals surface area contributed by atoms with Crippen LogP contribution in [-0.2, 0) is 0 Å². The van der Waals surface area contributed by atoms with Crippen LogP contribution in [0.2, 0.25) is 0 Å². The molecule has 3 aliphatic rings. The van der Waals surface area contributed by atoms with Gasteiger partial charge < -0.3 is 15.4 Å². The summed E-state index contributed by atoms with van der Waals surface area (Å²) in [6.45, 7) is -0.104. The fourth-order valence-corrected chi connectivity index (χ4v) is 5.30. The van der Waals surface area contributed by atoms with E-state index in [2.05, 4.69) is 0 Å². The molecule has 1 aromatic heterocycles. The molecule has 0 bridgehead atoms. The molecule has 1 saturated carbocycles. The number of allylic oxidation sites excluding steroid dienone is 1. The molecule has 2 fully saturated rings. The third kappa shape index (κ3) is 3.33. The van der Waals surface area contributed by atoms with Crippen molar-refractivity contribution in [3.05, 3.63) is 44.4 Å². The molecule has 12 heteroatoms. The van der Waals surface area contributed by atoms with Crippen LogP contribution in [0.25, 0.3) is 10.9 Å². The van der Waals surface area contributed by atoms with Gasteiger partial charge in [0.15, 0.2) is 11.6 Å². The van der Waals surface area contributed by atoms with E-state index in [9.17, 15) is 27.2 Å². The third-order valence-corrected chi connectivity index (χ3v) is 7.07. The fourth-order valence-electron chi connectivity index (χ4n) is 5.30. The Morgan fingerprint density at radius 1 is 1.24 bits per heavy atom. The van der Waals surface area contributed by atoms with Crippen molar-refractivity contribution >= 4 is 16.6 Å². The number of nitrogens with one attached hydrogen (secondary N) is 1. The van der Waals surface area contributed by atoms with Gasteiger partial charge in [0.05, 0.1) is 24.1 Å². The Labute approximate surface area is 190 Å². The van der Waals surface area contributed by atoms with E-state index in [4.69, 9.17) is 10.5 Å². The number of nitrogens with two attached hydrogens (primary N) is 1. The second-order valence-electron chi connectivity index (χ2n) is 9.15. The number of methoxy groups -OCH3 is 1. The second kappa shape index (κ2) is 7.82. The highest BCUT2D eigenvalue weighted by Crippen LogP contribution is 2.48. The summed E-state index contributed by atoms with van der Waals surface area (Å²) in [4.78, 5) is 28.5. The molecule has 5 rings (SSSR count). The Morgan fingerprint density at radius 3 is 2.56 bits per heavy atom. The number of ether oxygens (including phenoxy) is 1. The van der Waals surface area contributed by atoms with E-state index in [1.54, 1.807) is 6.08 Å². The number of aromatic amines is 1. The molecular weight excluding hydrogens is 463 g/mol. The smallest absolute Gasteiger partial charge is 0.329 e. The van der Waals surface area contributed by atoms with Crippen LogP contribution in [0.5, 0.6) is 5.75 Å². The van der Waals surface area contributed by atoms with Gasteiger partial charge in [0.1, 0.15) is 11.2 Å². The lowest BCUT2D eigenvalue weighted by molar-refractivity contribution is -0.0376. The molecule has 184 valence electrons. The van der Waals surface area contributed by atoms with Gasteiger partial charge in [0, 0.05) is 37.4 Å². The number of fused-ring (bicyclic) bond motifs is 2. The molecular formula is C22H23F5N4O3. The van der Waals surface area contributed by atoms with Gasteiger partial charge in [-0.3, -0.25) is 14.3 Å². The topological polar surface area (TPSA) is 93.3 Å². The number of nitrogens with zero attached hydrogens (tertiary/aromatic N) is 2. The minimum Gasteiger partial charge on any atom is -0.492 e. The largest absolute Gasteiger partial charge is 0.492 e. The molecule has 0 amide bonds. The van der Waals surface area contributed by atoms with E-state index < -0.39 is 64.7 Å². The molecule has 2 aromatic rings. The Kier molecular flexibility index (Phi) is 5.26. The van der Waals surface area contributed by atoms with Crippen LogP contribution < -0.4 is 26.6 Å². The number of hydrogen-bond acceptors (Lipinski definition) is 5. The summed E-state index contributed by atoms with van der Waals surface area (Å²) >= 11 is 0. The van der Waals surface area contributed by atoms with E-state index in [0.717, 1.165) is 4.57 Å². The highest BCUT2D eigenvalue weighted by atomic mass is 19.3. The first-order chi connectivity index (χ1) is 16.1. The molecule has 2 heterocycles. The van der Waals surface area contributed by atoms with Crippen LogP contribution >= 0.6 is 0 Å². The summed E-state index contributed by atoms with van der Waals surface area (Å²) in [5, 5.41) is -0.656. The maximum absolute atomic E-state index is 15.7. The molecule has 1 aromatic carbocycles. The fraction of sp³-hybridized carbons (Fsp3) is 0.545. The first-order valence-electron chi connectivity index (χ1n) is 11.0. The van der Waals surface area contributed by atoms with E-state index in [1.807, 2.05) is 4.98 Å². The van der Waals surface area contributed by atoms with Gasteiger partial charge in [-0.25, -0.2) is 26.7 Å². The van der Waals surface area contributed by atoms with Gasteiger partial charge in [0.25, 0.3) is 17.9 Å². The van der Waals surface area contributed by atoms with E-state index in [1.165, 1.54) is 18.1 Å². The average molecular weight is 486 g/mol. The van der Waals surface area contributed by atoms with Gasteiger partial charge in [0.2, 0.25) is 0 Å². The number of halogens is 5. The standard InChI is InChI=1S/C22H23F5N4O3/c1-34-17-15-13(20(32)29-21(33)31(15)10-4-5-10)12(19(24)25)14(23)16(17)30-7-9-3-2-6-22(26,27)18(28)11(9)8-30/h2-3,9-11,18-19H,4-8,28H2,1H3,(H,29,32,33). The predicted molar refractivity (Wildman–Crippen MR) is 114 cm³/mol. The van der Waals surface area contributed by atoms with Crippen molar-refractivity contribution in [3.63, 3.8) is 0 Å². The zero-order valence-electron chi connectivity index (χ0n) is 18.2. The second-order valence-corrected chi connectivity index (χ2v) is 9.15. The quantitative estimate of drug-likeness (QED) is 0.512. The monoisotopic (exact) mass is 486 g/mol. The first-order valence-corrected chi connectivity index (χ1v) is 11.0. The average Bonchev–Trinajstić information content (AvgIpc) is 3.52. The predicted octanol–water partition coefficient (Wildman–Crippen LogP) is 3.08. The number of rotatable bonds is 4. The maximum Gasteiger partial charge on any atom is 0.329 e. The highest BCUT2D eigenvalue weighted by molar-refractivity contribution is 5.94. The van der Waals surface area contributed by atoms with E-state index in [-0.39, 0.29) is 36.1 Å². The van der Waals surface area contributed by atoms with Crippen molar-refractivity contribution in [2.75, 3.05) is 25.1 Å². The summed E-state index contributed by atoms with van der Waals surface area (Å²) < 4.78 is 79.4. The SMILES string of the molecule is COc1c(N2CC3C=CCC(F)(F)C(N)C3C2)c(F)c(C(F)F)c2c(=O)[nH]c(=O)n(C3CC3)c12. The van der Waals surface area contributed by atoms with Crippen molar-refractivity contribution in [1.82, 2.24) is 9.55 Å². The van der Waals surface area contributed by atoms with Crippen LogP contribution in [0, 0.1) is 17.7 Å². The molecule has 0 spiro atoms. The number of hydrogen-bond donors (Lipinski definition) is 2. The summed E-state index contributed by atoms with van der Waals surface area (Å²) in [6.07, 6.45) is 0.179. The van der Waals surface area contributed by atoms with E-state index in [0.29, 0.717) is 12.8 Å².